The first-order chi connectivity index (χ1) is 34.8. The summed E-state index contributed by atoms with van der Waals surface area (Å²) in [7, 11) is 0. The number of H-pyrrole nitrogens is 1. The number of aromatic nitrogens is 1. The molecule has 0 radical (unpaired) electrons. The molecule has 6 aliphatic heterocycles. The van der Waals surface area contributed by atoms with E-state index in [0.29, 0.717) is 29.9 Å². The van der Waals surface area contributed by atoms with E-state index in [1.165, 1.54) is 12.1 Å². The van der Waals surface area contributed by atoms with Crippen LogP contribution in [0, 0.1) is 17.8 Å². The fourth-order valence-corrected chi connectivity index (χ4v) is 10.8. The van der Waals surface area contributed by atoms with E-state index < -0.39 is 113 Å². The Hall–Kier alpha value is -6.75. The third-order valence-corrected chi connectivity index (χ3v) is 14.8. The number of piperidine rings is 1. The highest BCUT2D eigenvalue weighted by atomic mass is 16.8. The Labute approximate surface area is 414 Å². The zero-order valence-corrected chi connectivity index (χ0v) is 39.1. The predicted octanol–water partition coefficient (Wildman–Crippen LogP) is -0.00530. The van der Waals surface area contributed by atoms with Gasteiger partial charge in [0.05, 0.1) is 12.6 Å². The maximum absolute atomic E-state index is 14.9. The number of rotatable bonds is 8. The lowest BCUT2D eigenvalue weighted by atomic mass is 9.76. The highest BCUT2D eigenvalue weighted by molar-refractivity contribution is 5.90. The molecular weight excluding hydrogens is 959 g/mol. The summed E-state index contributed by atoms with van der Waals surface area (Å²) < 4.78 is 30.9. The van der Waals surface area contributed by atoms with Crippen LogP contribution >= 0.6 is 0 Å². The van der Waals surface area contributed by atoms with Crippen LogP contribution in [0.25, 0.3) is 22.3 Å². The van der Waals surface area contributed by atoms with E-state index in [-0.39, 0.29) is 69.7 Å². The number of aromatic amines is 1. The molecule has 8 heterocycles. The molecule has 1 unspecified atom stereocenters. The number of benzene rings is 2. The Bertz CT molecular complexity index is 3140. The van der Waals surface area contributed by atoms with Gasteiger partial charge in [0.25, 0.3) is 11.4 Å². The second kappa shape index (κ2) is 18.3. The molecule has 2 spiro atoms. The van der Waals surface area contributed by atoms with Gasteiger partial charge in [-0.25, -0.2) is 9.59 Å². The second-order valence-corrected chi connectivity index (χ2v) is 19.1. The normalized spacial score (nSPS) is 33.8. The van der Waals surface area contributed by atoms with Crippen LogP contribution in [0.1, 0.15) is 55.8 Å². The number of hydrogen-bond donors (Lipinski definition) is 14. The van der Waals surface area contributed by atoms with E-state index in [0.717, 1.165) is 24.1 Å². The smallest absolute Gasteiger partial charge is 0.351 e. The number of carbonyl (C=O) groups excluding carboxylic acids is 1. The van der Waals surface area contributed by atoms with Crippen molar-refractivity contribution in [3.8, 4) is 46.2 Å². The standard InChI is InChI=1S/C51H53N3O19/c1-3-29-27(18-26-21(2)7-12-53-45(26)54-29)28-17-24(16-25-6-4-11-52-25)51(71-34-20-33-36(38(59)35(28)34)30(56)19-32(69-33)23-14-22(8-13-55)37(58)31(57)15-23)44(65)41(62)43(64)50(73-51)10-5-9-49(47(66)67)42(63)39(60)40(61)46(72-49)70-48(50)68/h4,6,11,14-15,17-21,28,39-46,52-55,57-65H,3,7-8,10,12-13,16H2,1-2H3,(H,66,67)/t21-,28+,39-,40-,41+,42+,43+,44-,45?,46+,49+,50+,51+/m1/s1. The van der Waals surface area contributed by atoms with Gasteiger partial charge in [-0.15, -0.1) is 0 Å². The molecule has 6 aliphatic rings. The van der Waals surface area contributed by atoms with E-state index in [2.05, 4.69) is 34.4 Å². The number of phenols is 3. The van der Waals surface area contributed by atoms with E-state index in [1.54, 1.807) is 24.4 Å². The van der Waals surface area contributed by atoms with Crippen LogP contribution in [-0.2, 0) is 36.6 Å². The van der Waals surface area contributed by atoms with Gasteiger partial charge in [-0.1, -0.05) is 37.8 Å². The molecule has 3 saturated heterocycles. The SMILES string of the molecule is CCC1=C([C@@H]2C=C(Cc3ccc[nH]3)[C@]3(Oc4cc5oc(-c6cc(O)c(O)c(CCO)c6)cc(=O)c5c(O)c42)O[C@@]2(CC#C[C@]4(C(=O)O)O[C@H](OC2=O)[C@H](O)[C@@H](O)[C@@H]4O)[C@@H](O)[C@H](O)[C@H]3O)C=C2C(NCC[C@H]2C)N1. The van der Waals surface area contributed by atoms with Gasteiger partial charge in [0, 0.05) is 70.9 Å². The molecule has 2 aromatic carbocycles. The summed E-state index contributed by atoms with van der Waals surface area (Å²) >= 11 is 0. The Balaban J connectivity index is 1.25. The summed E-state index contributed by atoms with van der Waals surface area (Å²) in [5.74, 6) is -5.29. The van der Waals surface area contributed by atoms with E-state index in [1.807, 2.05) is 13.0 Å². The Morgan fingerprint density at radius 1 is 0.959 bits per heavy atom. The van der Waals surface area contributed by atoms with Gasteiger partial charge in [-0.2, -0.15) is 0 Å². The number of aliphatic hydroxyl groups excluding tert-OH is 7. The number of nitrogens with one attached hydrogen (secondary N) is 3. The molecule has 2 bridgehead atoms. The largest absolute Gasteiger partial charge is 0.507 e. The van der Waals surface area contributed by atoms with Gasteiger partial charge in [-0.05, 0) is 67.1 Å². The van der Waals surface area contributed by atoms with Crippen molar-refractivity contribution < 1.29 is 89.1 Å². The highest BCUT2D eigenvalue weighted by Gasteiger charge is 2.69. The first kappa shape index (κ1) is 49.8. The fourth-order valence-electron chi connectivity index (χ4n) is 10.8. The van der Waals surface area contributed by atoms with Crippen LogP contribution in [0.15, 0.2) is 86.4 Å². The van der Waals surface area contributed by atoms with Crippen LogP contribution in [0.2, 0.25) is 0 Å². The maximum Gasteiger partial charge on any atom is 0.351 e. The van der Waals surface area contributed by atoms with Crippen molar-refractivity contribution in [3.63, 3.8) is 0 Å². The number of carboxylic acid groups (broad SMARTS) is 1. The monoisotopic (exact) mass is 1010 g/mol. The molecule has 2 aromatic heterocycles. The van der Waals surface area contributed by atoms with Crippen molar-refractivity contribution in [2.24, 2.45) is 5.92 Å². The summed E-state index contributed by atoms with van der Waals surface area (Å²) in [6, 6.07) is 8.10. The van der Waals surface area contributed by atoms with Crippen LogP contribution in [0.3, 0.4) is 0 Å². The third kappa shape index (κ3) is 7.77. The van der Waals surface area contributed by atoms with Crippen LogP contribution in [0.4, 0.5) is 0 Å². The first-order valence-electron chi connectivity index (χ1n) is 23.7. The molecule has 4 aromatic rings. The van der Waals surface area contributed by atoms with Crippen LogP contribution in [0.5, 0.6) is 23.0 Å². The van der Waals surface area contributed by atoms with Crippen molar-refractivity contribution >= 4 is 22.9 Å². The lowest BCUT2D eigenvalue weighted by molar-refractivity contribution is -0.354. The van der Waals surface area contributed by atoms with Gasteiger partial charge in [0.15, 0.2) is 23.0 Å². The van der Waals surface area contributed by atoms with Gasteiger partial charge in [0.1, 0.15) is 58.7 Å². The average molecular weight is 1010 g/mol. The molecule has 10 rings (SSSR count). The molecule has 22 heteroatoms. The van der Waals surface area contributed by atoms with Crippen LogP contribution < -0.4 is 20.8 Å². The number of fused-ring (bicyclic) bond motifs is 5. The Morgan fingerprint density at radius 3 is 2.45 bits per heavy atom. The van der Waals surface area contributed by atoms with E-state index in [9.17, 15) is 70.6 Å². The van der Waals surface area contributed by atoms with E-state index in [4.69, 9.17) is 23.4 Å². The number of aliphatic hydroxyl groups is 7. The average Bonchev–Trinajstić information content (AvgIpc) is 3.85. The predicted molar refractivity (Wildman–Crippen MR) is 250 cm³/mol. The molecule has 386 valence electrons. The number of dihydropyridines is 1. The number of hydrogen-bond acceptors (Lipinski definition) is 20. The summed E-state index contributed by atoms with van der Waals surface area (Å²) in [5, 5.41) is 130. The minimum atomic E-state index is -3.02. The summed E-state index contributed by atoms with van der Waals surface area (Å²) in [4.78, 5) is 45.1. The number of phenolic OH excluding ortho intramolecular Hbond substituents is 3. The number of esters is 1. The minimum absolute atomic E-state index is 0.0511. The second-order valence-electron chi connectivity index (χ2n) is 19.1. The summed E-state index contributed by atoms with van der Waals surface area (Å²) in [6.07, 6.45) is -12.1. The van der Waals surface area contributed by atoms with Crippen molar-refractivity contribution in [1.82, 2.24) is 15.6 Å². The molecule has 14 N–H and O–H groups in total. The number of aliphatic carboxylic acids is 1. The molecule has 0 saturated carbocycles. The van der Waals surface area contributed by atoms with Crippen molar-refractivity contribution in [3.05, 3.63) is 104 Å². The molecule has 22 nitrogen and oxygen atoms in total. The van der Waals surface area contributed by atoms with Crippen molar-refractivity contribution in [1.29, 1.82) is 0 Å². The van der Waals surface area contributed by atoms with Gasteiger partial charge in [0.2, 0.25) is 11.9 Å². The Kier molecular flexibility index (Phi) is 12.5. The Morgan fingerprint density at radius 2 is 1.74 bits per heavy atom. The van der Waals surface area contributed by atoms with Crippen LogP contribution in [-0.4, -0.2) is 152 Å². The zero-order valence-electron chi connectivity index (χ0n) is 39.1. The van der Waals surface area contributed by atoms with Gasteiger partial charge >= 0.3 is 11.9 Å². The lowest BCUT2D eigenvalue weighted by Crippen LogP contribution is -2.75. The lowest BCUT2D eigenvalue weighted by Gasteiger charge is -2.53. The molecule has 73 heavy (non-hydrogen) atoms. The van der Waals surface area contributed by atoms with E-state index >= 15 is 0 Å². The third-order valence-electron chi connectivity index (χ3n) is 14.8. The number of aromatic hydroxyl groups is 3. The number of allylic oxidation sites excluding steroid dienone is 4. The molecule has 0 aliphatic carbocycles. The molecular formula is C51H53N3O19. The maximum atomic E-state index is 14.9. The molecule has 13 atom stereocenters. The summed E-state index contributed by atoms with van der Waals surface area (Å²) in [5.41, 5.74) is -4.48. The number of ether oxygens (including phenoxy) is 4. The first-order valence-corrected chi connectivity index (χ1v) is 23.7. The quantitative estimate of drug-likeness (QED) is 0.0478. The minimum Gasteiger partial charge on any atom is -0.507 e. The van der Waals surface area contributed by atoms with Gasteiger partial charge in [-0.3, -0.25) is 10.1 Å². The number of carbonyl (C=O) groups is 2. The number of carboxylic acids is 1. The van der Waals surface area contributed by atoms with Crippen molar-refractivity contribution in [2.45, 2.75) is 118 Å². The van der Waals surface area contributed by atoms with Gasteiger partial charge < -0.3 is 89.8 Å². The summed E-state index contributed by atoms with van der Waals surface area (Å²) in [6.45, 7) is 4.26. The van der Waals surface area contributed by atoms with Crippen molar-refractivity contribution in [2.75, 3.05) is 13.2 Å². The zero-order chi connectivity index (χ0) is 52.1. The molecule has 3 fully saturated rings. The topological polar surface area (TPSA) is 364 Å². The highest BCUT2D eigenvalue weighted by Crippen LogP contribution is 2.55. The fraction of sp³-hybridized carbons (Fsp3) is 0.431. The molecule has 0 amide bonds.